The summed E-state index contributed by atoms with van der Waals surface area (Å²) >= 11 is 0. The molecule has 1 amide bonds. The molecule has 1 aliphatic heterocycles. The summed E-state index contributed by atoms with van der Waals surface area (Å²) in [5.41, 5.74) is 1.86. The average Bonchev–Trinajstić information content (AvgIpc) is 2.74. The van der Waals surface area contributed by atoms with Gasteiger partial charge in [-0.2, -0.15) is 0 Å². The van der Waals surface area contributed by atoms with Crippen molar-refractivity contribution in [1.82, 2.24) is 9.88 Å². The van der Waals surface area contributed by atoms with Gasteiger partial charge in [-0.05, 0) is 31.2 Å². The maximum Gasteiger partial charge on any atom is 0.295 e. The maximum absolute atomic E-state index is 13.5. The second kappa shape index (κ2) is 7.66. The van der Waals surface area contributed by atoms with E-state index in [1.807, 2.05) is 6.07 Å². The number of nitro groups is 1. The lowest BCUT2D eigenvalue weighted by Crippen LogP contribution is -2.48. The molecule has 4 rings (SSSR count). The monoisotopic (exact) mass is 412 g/mol. The number of para-hydroxylation sites is 1. The quantitative estimate of drug-likeness (QED) is 0.484. The molecule has 0 N–H and O–H groups in total. The van der Waals surface area contributed by atoms with Crippen molar-refractivity contribution in [2.24, 2.45) is 0 Å². The second-order valence-corrected chi connectivity index (χ2v) is 7.12. The minimum Gasteiger partial charge on any atom is -0.367 e. The van der Waals surface area contributed by atoms with E-state index < -0.39 is 16.6 Å². The Morgan fingerprint density at radius 3 is 2.47 bits per heavy atom. The molecule has 0 radical (unpaired) electrons. The zero-order valence-corrected chi connectivity index (χ0v) is 16.1. The molecule has 7 nitrogen and oxygen atoms in total. The van der Waals surface area contributed by atoms with Gasteiger partial charge in [0, 0.05) is 54.6 Å². The largest absolute Gasteiger partial charge is 0.367 e. The number of aryl methyl sites for hydroxylation is 1. The minimum absolute atomic E-state index is 0.0513. The van der Waals surface area contributed by atoms with Crippen LogP contribution in [0.3, 0.4) is 0 Å². The first-order valence-electron chi connectivity index (χ1n) is 9.39. The molecule has 0 atom stereocenters. The molecule has 1 aliphatic rings. The number of nitro benzene ring substituents is 1. The highest BCUT2D eigenvalue weighted by molar-refractivity contribution is 5.97. The Bertz CT molecular complexity index is 1160. The third-order valence-corrected chi connectivity index (χ3v) is 5.20. The number of halogens is 2. The van der Waals surface area contributed by atoms with E-state index in [0.29, 0.717) is 42.8 Å². The van der Waals surface area contributed by atoms with Crippen molar-refractivity contribution in [1.29, 1.82) is 0 Å². The first-order valence-corrected chi connectivity index (χ1v) is 9.39. The highest BCUT2D eigenvalue weighted by atomic mass is 19.2. The van der Waals surface area contributed by atoms with Gasteiger partial charge in [-0.3, -0.25) is 14.9 Å². The number of carbonyl (C=O) groups excluding carboxylic acids is 1. The van der Waals surface area contributed by atoms with Gasteiger partial charge in [-0.15, -0.1) is 0 Å². The van der Waals surface area contributed by atoms with Gasteiger partial charge in [0.05, 0.1) is 4.92 Å². The van der Waals surface area contributed by atoms with Crippen molar-refractivity contribution in [3.05, 3.63) is 75.5 Å². The van der Waals surface area contributed by atoms with E-state index in [2.05, 4.69) is 9.88 Å². The van der Waals surface area contributed by atoms with Gasteiger partial charge in [0.15, 0.2) is 17.2 Å². The molecular formula is C21H18F2N4O3. The lowest BCUT2D eigenvalue weighted by molar-refractivity contribution is -0.383. The van der Waals surface area contributed by atoms with Crippen LogP contribution >= 0.6 is 0 Å². The molecular weight excluding hydrogens is 394 g/mol. The van der Waals surface area contributed by atoms with Crippen molar-refractivity contribution < 1.29 is 18.5 Å². The molecule has 0 saturated carbocycles. The zero-order valence-electron chi connectivity index (χ0n) is 16.1. The van der Waals surface area contributed by atoms with E-state index in [4.69, 9.17) is 0 Å². The van der Waals surface area contributed by atoms with Gasteiger partial charge >= 0.3 is 0 Å². The Hall–Kier alpha value is -3.62. The topological polar surface area (TPSA) is 79.6 Å². The number of hydrogen-bond donors (Lipinski definition) is 0. The van der Waals surface area contributed by atoms with Crippen LogP contribution in [0.4, 0.5) is 20.2 Å². The first-order chi connectivity index (χ1) is 14.3. The number of rotatable bonds is 3. The number of anilines is 1. The van der Waals surface area contributed by atoms with Gasteiger partial charge in [-0.1, -0.05) is 12.1 Å². The summed E-state index contributed by atoms with van der Waals surface area (Å²) in [5, 5.41) is 12.0. The molecule has 1 aromatic heterocycles. The van der Waals surface area contributed by atoms with E-state index in [1.165, 1.54) is 12.1 Å². The fourth-order valence-corrected chi connectivity index (χ4v) is 3.71. The number of carbonyl (C=O) groups is 1. The zero-order chi connectivity index (χ0) is 21.4. The van der Waals surface area contributed by atoms with E-state index in [-0.39, 0.29) is 17.2 Å². The third kappa shape index (κ3) is 3.54. The van der Waals surface area contributed by atoms with E-state index in [1.54, 1.807) is 24.0 Å². The van der Waals surface area contributed by atoms with Crippen LogP contribution in [-0.2, 0) is 0 Å². The van der Waals surface area contributed by atoms with Gasteiger partial charge in [0.1, 0.15) is 0 Å². The summed E-state index contributed by atoms with van der Waals surface area (Å²) in [7, 11) is 0. The molecule has 0 spiro atoms. The van der Waals surface area contributed by atoms with Crippen LogP contribution in [0.25, 0.3) is 10.9 Å². The fourth-order valence-electron chi connectivity index (χ4n) is 3.71. The number of non-ortho nitro benzene ring substituents is 1. The predicted molar refractivity (Wildman–Crippen MR) is 108 cm³/mol. The number of amides is 1. The Labute approximate surface area is 170 Å². The highest BCUT2D eigenvalue weighted by Crippen LogP contribution is 2.32. The molecule has 2 aromatic carbocycles. The van der Waals surface area contributed by atoms with Crippen molar-refractivity contribution in [2.45, 2.75) is 6.92 Å². The molecule has 3 aromatic rings. The normalized spacial score (nSPS) is 14.2. The third-order valence-electron chi connectivity index (χ3n) is 5.20. The summed E-state index contributed by atoms with van der Waals surface area (Å²) in [6.45, 7) is 3.54. The highest BCUT2D eigenvalue weighted by Gasteiger charge is 2.25. The molecule has 154 valence electrons. The summed E-state index contributed by atoms with van der Waals surface area (Å²) in [6, 6.07) is 9.84. The molecule has 0 aliphatic carbocycles. The van der Waals surface area contributed by atoms with Gasteiger partial charge in [0.2, 0.25) is 0 Å². The number of hydrogen-bond acceptors (Lipinski definition) is 5. The predicted octanol–water partition coefficient (Wildman–Crippen LogP) is 3.69. The smallest absolute Gasteiger partial charge is 0.295 e. The molecule has 1 saturated heterocycles. The van der Waals surface area contributed by atoms with Crippen LogP contribution in [0.15, 0.2) is 42.5 Å². The number of pyridine rings is 1. The SMILES string of the molecule is Cc1cc(N2CCN(C(=O)c3ccc(F)c(F)c3)CC2)c2cccc([N+](=O)[O-])c2n1. The van der Waals surface area contributed by atoms with E-state index >= 15 is 0 Å². The van der Waals surface area contributed by atoms with Crippen LogP contribution in [0, 0.1) is 28.7 Å². The average molecular weight is 412 g/mol. The second-order valence-electron chi connectivity index (χ2n) is 7.12. The van der Waals surface area contributed by atoms with Crippen LogP contribution < -0.4 is 4.90 Å². The number of benzene rings is 2. The van der Waals surface area contributed by atoms with Gasteiger partial charge in [0.25, 0.3) is 11.6 Å². The maximum atomic E-state index is 13.5. The Morgan fingerprint density at radius 1 is 1.07 bits per heavy atom. The first kappa shape index (κ1) is 19.7. The summed E-state index contributed by atoms with van der Waals surface area (Å²) in [6.07, 6.45) is 0. The summed E-state index contributed by atoms with van der Waals surface area (Å²) < 4.78 is 26.6. The minimum atomic E-state index is -1.06. The van der Waals surface area contributed by atoms with Crippen LogP contribution in [0.2, 0.25) is 0 Å². The van der Waals surface area contributed by atoms with Gasteiger partial charge in [-0.25, -0.2) is 13.8 Å². The number of piperazine rings is 1. The van der Waals surface area contributed by atoms with Crippen molar-refractivity contribution >= 4 is 28.2 Å². The van der Waals surface area contributed by atoms with Crippen molar-refractivity contribution in [3.63, 3.8) is 0 Å². The number of nitrogens with zero attached hydrogens (tertiary/aromatic N) is 4. The Kier molecular flexibility index (Phi) is 5.03. The molecule has 0 bridgehead atoms. The summed E-state index contributed by atoms with van der Waals surface area (Å²) in [5.74, 6) is -2.41. The molecule has 0 unspecified atom stereocenters. The lowest BCUT2D eigenvalue weighted by atomic mass is 10.1. The van der Waals surface area contributed by atoms with E-state index in [0.717, 1.165) is 17.8 Å². The van der Waals surface area contributed by atoms with Crippen molar-refractivity contribution in [2.75, 3.05) is 31.1 Å². The summed E-state index contributed by atoms with van der Waals surface area (Å²) in [4.78, 5) is 31.5. The number of aromatic nitrogens is 1. The van der Waals surface area contributed by atoms with Crippen LogP contribution in [-0.4, -0.2) is 46.9 Å². The molecule has 9 heteroatoms. The number of fused-ring (bicyclic) bond motifs is 1. The fraction of sp³-hybridized carbons (Fsp3) is 0.238. The Balaban J connectivity index is 1.58. The molecule has 30 heavy (non-hydrogen) atoms. The van der Waals surface area contributed by atoms with E-state index in [9.17, 15) is 23.7 Å². The molecule has 1 fully saturated rings. The van der Waals surface area contributed by atoms with Gasteiger partial charge < -0.3 is 9.80 Å². The standard InChI is InChI=1S/C21H18F2N4O3/c1-13-11-19(15-3-2-4-18(27(29)30)20(15)24-13)25-7-9-26(10-8-25)21(28)14-5-6-16(22)17(23)12-14/h2-6,11-12H,7-10H2,1H3. The van der Waals surface area contributed by atoms with Crippen LogP contribution in [0.5, 0.6) is 0 Å². The van der Waals surface area contributed by atoms with Crippen molar-refractivity contribution in [3.8, 4) is 0 Å². The van der Waals surface area contributed by atoms with Crippen LogP contribution in [0.1, 0.15) is 16.1 Å². The lowest BCUT2D eigenvalue weighted by Gasteiger charge is -2.36. The Morgan fingerprint density at radius 2 is 1.80 bits per heavy atom. The molecule has 2 heterocycles.